The van der Waals surface area contributed by atoms with Gasteiger partial charge in [-0.15, -0.1) is 11.3 Å². The van der Waals surface area contributed by atoms with Crippen molar-refractivity contribution in [2.75, 3.05) is 26.2 Å². The Balaban J connectivity index is 1.81. The molecule has 170 valence electrons. The van der Waals surface area contributed by atoms with E-state index < -0.39 is 30.1 Å². The summed E-state index contributed by atoms with van der Waals surface area (Å²) < 4.78 is 32.9. The van der Waals surface area contributed by atoms with E-state index in [9.17, 15) is 18.7 Å². The number of aliphatic hydroxyl groups excluding tert-OH is 1. The molecule has 1 fully saturated rings. The summed E-state index contributed by atoms with van der Waals surface area (Å²) in [6.07, 6.45) is -0.849. The molecule has 1 unspecified atom stereocenters. The van der Waals surface area contributed by atoms with Gasteiger partial charge in [0.25, 0.3) is 0 Å². The molecule has 2 aliphatic heterocycles. The number of benzene rings is 1. The quantitative estimate of drug-likeness (QED) is 0.616. The van der Waals surface area contributed by atoms with Gasteiger partial charge in [0, 0.05) is 47.5 Å². The van der Waals surface area contributed by atoms with Crippen LogP contribution in [0.15, 0.2) is 46.0 Å². The fourth-order valence-electron chi connectivity index (χ4n) is 3.74. The number of hydrogen-bond donors (Lipinski definition) is 2. The summed E-state index contributed by atoms with van der Waals surface area (Å²) in [4.78, 5) is 23.7. The molecule has 0 radical (unpaired) electrons. The number of alkyl halides is 1. The van der Waals surface area contributed by atoms with Crippen LogP contribution in [0.25, 0.3) is 0 Å². The largest absolute Gasteiger partial charge is 0.463 e. The summed E-state index contributed by atoms with van der Waals surface area (Å²) in [5.41, 5.74) is 1.06. The standard InChI is InChI=1S/C21H21ClF2N4O3S/c1-2-31-21(30)17-15(9-28-8-14(24)16(29)10-28)26-19(20-25-5-6-32-20)27-18(17)12-4-3-11(23)7-13(12)22/h3-7,14,16,18,29H,2,8-10H2,1H3,(H,26,27)/t14-,16+,18?/m1/s1. The van der Waals surface area contributed by atoms with E-state index in [4.69, 9.17) is 16.3 Å². The number of aliphatic imine (C=N–C) groups is 1. The van der Waals surface area contributed by atoms with Crippen molar-refractivity contribution in [3.8, 4) is 0 Å². The summed E-state index contributed by atoms with van der Waals surface area (Å²) >= 11 is 7.68. The van der Waals surface area contributed by atoms with Gasteiger partial charge >= 0.3 is 5.97 Å². The van der Waals surface area contributed by atoms with Crippen LogP contribution in [0.1, 0.15) is 23.5 Å². The molecule has 0 bridgehead atoms. The normalized spacial score (nSPS) is 23.8. The summed E-state index contributed by atoms with van der Waals surface area (Å²) in [5.74, 6) is -0.720. The van der Waals surface area contributed by atoms with Gasteiger partial charge in [-0.05, 0) is 19.1 Å². The zero-order chi connectivity index (χ0) is 22.8. The zero-order valence-electron chi connectivity index (χ0n) is 17.1. The first-order valence-electron chi connectivity index (χ1n) is 10.0. The van der Waals surface area contributed by atoms with E-state index in [-0.39, 0.29) is 36.8 Å². The Hall–Kier alpha value is -2.40. The number of β-amino-alcohol motifs (C(OH)–C–C–N with tert-alkyl or cyclic N) is 1. The molecule has 2 aliphatic rings. The monoisotopic (exact) mass is 482 g/mol. The fourth-order valence-corrected chi connectivity index (χ4v) is 4.60. The molecule has 0 saturated carbocycles. The number of aliphatic hydroxyl groups is 1. The van der Waals surface area contributed by atoms with E-state index in [1.165, 1.54) is 23.5 Å². The lowest BCUT2D eigenvalue weighted by Crippen LogP contribution is -2.39. The molecule has 1 aromatic heterocycles. The smallest absolute Gasteiger partial charge is 0.338 e. The average molecular weight is 483 g/mol. The third-order valence-corrected chi connectivity index (χ3v) is 6.30. The maximum Gasteiger partial charge on any atom is 0.338 e. The molecule has 1 aromatic carbocycles. The highest BCUT2D eigenvalue weighted by Crippen LogP contribution is 2.37. The van der Waals surface area contributed by atoms with Crippen molar-refractivity contribution in [1.29, 1.82) is 0 Å². The second kappa shape index (κ2) is 9.62. The van der Waals surface area contributed by atoms with Crippen LogP contribution in [0, 0.1) is 5.82 Å². The molecule has 3 heterocycles. The number of thiazole rings is 1. The summed E-state index contributed by atoms with van der Waals surface area (Å²) in [7, 11) is 0. The number of halogens is 3. The van der Waals surface area contributed by atoms with Crippen LogP contribution in [-0.4, -0.2) is 65.3 Å². The number of aromatic nitrogens is 1. The minimum Gasteiger partial charge on any atom is -0.463 e. The molecular weight excluding hydrogens is 462 g/mol. The number of esters is 1. The van der Waals surface area contributed by atoms with Crippen LogP contribution in [0.4, 0.5) is 8.78 Å². The van der Waals surface area contributed by atoms with E-state index in [0.717, 1.165) is 6.07 Å². The Bertz CT molecular complexity index is 1050. The first kappa shape index (κ1) is 22.8. The number of amidine groups is 1. The number of nitrogens with zero attached hydrogens (tertiary/aromatic N) is 3. The third kappa shape index (κ3) is 4.68. The van der Waals surface area contributed by atoms with Gasteiger partial charge in [0.05, 0.1) is 18.3 Å². The molecule has 2 N–H and O–H groups in total. The highest BCUT2D eigenvalue weighted by atomic mass is 35.5. The Morgan fingerprint density at radius 3 is 2.88 bits per heavy atom. The minimum absolute atomic E-state index is 0.0220. The number of nitrogens with one attached hydrogen (secondary N) is 1. The van der Waals surface area contributed by atoms with Crippen molar-refractivity contribution < 1.29 is 23.4 Å². The Morgan fingerprint density at radius 2 is 2.25 bits per heavy atom. The zero-order valence-corrected chi connectivity index (χ0v) is 18.7. The van der Waals surface area contributed by atoms with Crippen molar-refractivity contribution in [3.05, 3.63) is 62.5 Å². The van der Waals surface area contributed by atoms with Crippen LogP contribution in [0.3, 0.4) is 0 Å². The number of ether oxygens (including phenoxy) is 1. The van der Waals surface area contributed by atoms with Gasteiger partial charge in [-0.25, -0.2) is 18.6 Å². The second-order valence-corrected chi connectivity index (χ2v) is 8.70. The van der Waals surface area contributed by atoms with Crippen LogP contribution in [0.5, 0.6) is 0 Å². The first-order chi connectivity index (χ1) is 15.4. The predicted molar refractivity (Wildman–Crippen MR) is 117 cm³/mol. The maximum absolute atomic E-state index is 13.9. The topological polar surface area (TPSA) is 87.0 Å². The molecule has 4 rings (SSSR count). The predicted octanol–water partition coefficient (Wildman–Crippen LogP) is 2.86. The fraction of sp³-hybridized carbons (Fsp3) is 0.381. The molecule has 11 heteroatoms. The third-order valence-electron chi connectivity index (χ3n) is 5.19. The highest BCUT2D eigenvalue weighted by Gasteiger charge is 2.37. The molecular formula is C21H21ClF2N4O3S. The summed E-state index contributed by atoms with van der Waals surface area (Å²) in [5, 5.41) is 15.4. The van der Waals surface area contributed by atoms with Crippen LogP contribution < -0.4 is 5.32 Å². The number of rotatable bonds is 6. The Kier molecular flexibility index (Phi) is 6.85. The van der Waals surface area contributed by atoms with Crippen molar-refractivity contribution in [1.82, 2.24) is 15.2 Å². The van der Waals surface area contributed by atoms with Crippen LogP contribution in [0.2, 0.25) is 5.02 Å². The molecule has 1 saturated heterocycles. The first-order valence-corrected chi connectivity index (χ1v) is 11.3. The van der Waals surface area contributed by atoms with E-state index in [2.05, 4.69) is 15.3 Å². The summed E-state index contributed by atoms with van der Waals surface area (Å²) in [6.45, 7) is 2.11. The van der Waals surface area contributed by atoms with E-state index in [0.29, 0.717) is 22.1 Å². The SMILES string of the molecule is CCOC(=O)C1=C(CN2C[C@@H](F)[C@@H](O)C2)NC(c2nccs2)=NC1c1ccc(F)cc1Cl. The second-order valence-electron chi connectivity index (χ2n) is 7.40. The van der Waals surface area contributed by atoms with Crippen molar-refractivity contribution in [2.24, 2.45) is 4.99 Å². The molecule has 32 heavy (non-hydrogen) atoms. The van der Waals surface area contributed by atoms with E-state index in [1.807, 2.05) is 0 Å². The molecule has 2 aromatic rings. The minimum atomic E-state index is -1.38. The van der Waals surface area contributed by atoms with Gasteiger partial charge in [0.1, 0.15) is 18.0 Å². The molecule has 0 spiro atoms. The van der Waals surface area contributed by atoms with E-state index >= 15 is 0 Å². The van der Waals surface area contributed by atoms with Gasteiger partial charge in [0.15, 0.2) is 10.8 Å². The maximum atomic E-state index is 13.9. The van der Waals surface area contributed by atoms with Gasteiger partial charge in [0.2, 0.25) is 0 Å². The molecule has 0 amide bonds. The van der Waals surface area contributed by atoms with Crippen LogP contribution in [-0.2, 0) is 9.53 Å². The molecule has 3 atom stereocenters. The lowest BCUT2D eigenvalue weighted by atomic mass is 9.95. The van der Waals surface area contributed by atoms with Crippen molar-refractivity contribution in [3.63, 3.8) is 0 Å². The van der Waals surface area contributed by atoms with Gasteiger partial charge in [-0.1, -0.05) is 17.7 Å². The van der Waals surface area contributed by atoms with Crippen LogP contribution >= 0.6 is 22.9 Å². The molecule has 7 nitrogen and oxygen atoms in total. The number of carbonyl (C=O) groups excluding carboxylic acids is 1. The number of likely N-dealkylation sites (tertiary alicyclic amines) is 1. The highest BCUT2D eigenvalue weighted by molar-refractivity contribution is 7.11. The van der Waals surface area contributed by atoms with Gasteiger partial charge in [-0.2, -0.15) is 0 Å². The van der Waals surface area contributed by atoms with Gasteiger partial charge < -0.3 is 15.2 Å². The molecule has 0 aliphatic carbocycles. The average Bonchev–Trinajstić information content (AvgIpc) is 3.38. The number of carbonyl (C=O) groups is 1. The number of hydrogen-bond acceptors (Lipinski definition) is 8. The lowest BCUT2D eigenvalue weighted by molar-refractivity contribution is -0.139. The van der Waals surface area contributed by atoms with Crippen molar-refractivity contribution >= 4 is 34.7 Å². The summed E-state index contributed by atoms with van der Waals surface area (Å²) in [6, 6.07) is 3.00. The Morgan fingerprint density at radius 1 is 1.44 bits per heavy atom. The lowest BCUT2D eigenvalue weighted by Gasteiger charge is -2.29. The van der Waals surface area contributed by atoms with Gasteiger partial charge in [-0.3, -0.25) is 9.89 Å². The van der Waals surface area contributed by atoms with E-state index in [1.54, 1.807) is 23.4 Å². The Labute approximate surface area is 192 Å². The van der Waals surface area contributed by atoms with Crippen molar-refractivity contribution in [2.45, 2.75) is 25.2 Å².